The molecule has 25 heavy (non-hydrogen) atoms. The molecule has 0 saturated carbocycles. The van der Waals surface area contributed by atoms with Crippen LogP contribution in [0.2, 0.25) is 0 Å². The van der Waals surface area contributed by atoms with Crippen LogP contribution in [0.3, 0.4) is 0 Å². The predicted octanol–water partition coefficient (Wildman–Crippen LogP) is 4.25. The molecular formula is C20H20FN3O. The van der Waals surface area contributed by atoms with Crippen molar-refractivity contribution in [2.45, 2.75) is 27.3 Å². The van der Waals surface area contributed by atoms with Gasteiger partial charge in [0.1, 0.15) is 5.82 Å². The van der Waals surface area contributed by atoms with Crippen LogP contribution in [-0.2, 0) is 6.54 Å². The van der Waals surface area contributed by atoms with Gasteiger partial charge >= 0.3 is 0 Å². The number of carbonyl (C=O) groups is 1. The summed E-state index contributed by atoms with van der Waals surface area (Å²) in [7, 11) is 0. The molecule has 1 N–H and O–H groups in total. The van der Waals surface area contributed by atoms with Crippen LogP contribution >= 0.6 is 0 Å². The van der Waals surface area contributed by atoms with Crippen molar-refractivity contribution >= 4 is 11.7 Å². The average Bonchev–Trinajstić information content (AvgIpc) is 2.89. The molecule has 0 aliphatic carbocycles. The lowest BCUT2D eigenvalue weighted by Gasteiger charge is -2.07. The minimum atomic E-state index is -0.265. The third-order valence-electron chi connectivity index (χ3n) is 4.13. The summed E-state index contributed by atoms with van der Waals surface area (Å²) in [4.78, 5) is 12.5. The van der Waals surface area contributed by atoms with Gasteiger partial charge in [0.2, 0.25) is 0 Å². The number of hydrogen-bond donors (Lipinski definition) is 1. The zero-order valence-corrected chi connectivity index (χ0v) is 14.5. The zero-order valence-electron chi connectivity index (χ0n) is 14.5. The molecule has 0 radical (unpaired) electrons. The SMILES string of the molecule is Cc1ccc(C(=O)Nc2cc(C)n(Cc3ccccc3F)n2)c(C)c1. The fraction of sp³-hybridized carbons (Fsp3) is 0.200. The van der Waals surface area contributed by atoms with Crippen LogP contribution < -0.4 is 5.32 Å². The maximum Gasteiger partial charge on any atom is 0.257 e. The third kappa shape index (κ3) is 3.76. The number of halogens is 1. The van der Waals surface area contributed by atoms with Crippen molar-refractivity contribution in [2.75, 3.05) is 5.32 Å². The van der Waals surface area contributed by atoms with Crippen molar-refractivity contribution in [3.8, 4) is 0 Å². The monoisotopic (exact) mass is 337 g/mol. The molecule has 0 aliphatic rings. The van der Waals surface area contributed by atoms with Gasteiger partial charge in [-0.3, -0.25) is 9.48 Å². The molecule has 0 aliphatic heterocycles. The fourth-order valence-corrected chi connectivity index (χ4v) is 2.77. The standard InChI is InChI=1S/C20H20FN3O/c1-13-8-9-17(14(2)10-13)20(25)22-19-11-15(3)24(23-19)12-16-6-4-5-7-18(16)21/h4-11H,12H2,1-3H3,(H,22,23,25). The first kappa shape index (κ1) is 16.9. The smallest absolute Gasteiger partial charge is 0.257 e. The van der Waals surface area contributed by atoms with Crippen LogP contribution in [-0.4, -0.2) is 15.7 Å². The molecule has 0 fully saturated rings. The molecule has 4 nitrogen and oxygen atoms in total. The quantitative estimate of drug-likeness (QED) is 0.774. The molecule has 1 aromatic heterocycles. The largest absolute Gasteiger partial charge is 0.305 e. The van der Waals surface area contributed by atoms with E-state index in [-0.39, 0.29) is 11.7 Å². The van der Waals surface area contributed by atoms with Gasteiger partial charge in [0.25, 0.3) is 5.91 Å². The molecule has 128 valence electrons. The summed E-state index contributed by atoms with van der Waals surface area (Å²) in [6.07, 6.45) is 0. The number of hydrogen-bond acceptors (Lipinski definition) is 2. The van der Waals surface area contributed by atoms with Gasteiger partial charge in [-0.05, 0) is 38.5 Å². The van der Waals surface area contributed by atoms with Gasteiger partial charge < -0.3 is 5.32 Å². The first-order valence-electron chi connectivity index (χ1n) is 8.10. The van der Waals surface area contributed by atoms with Gasteiger partial charge in [0.15, 0.2) is 5.82 Å². The van der Waals surface area contributed by atoms with Gasteiger partial charge in [0, 0.05) is 22.9 Å². The van der Waals surface area contributed by atoms with Crippen molar-refractivity contribution in [3.63, 3.8) is 0 Å². The Morgan fingerprint density at radius 3 is 2.60 bits per heavy atom. The molecular weight excluding hydrogens is 317 g/mol. The molecule has 3 aromatic rings. The van der Waals surface area contributed by atoms with E-state index < -0.39 is 0 Å². The van der Waals surface area contributed by atoms with E-state index in [0.29, 0.717) is 23.5 Å². The van der Waals surface area contributed by atoms with Crippen LogP contribution in [0.4, 0.5) is 10.2 Å². The van der Waals surface area contributed by atoms with E-state index in [1.54, 1.807) is 28.9 Å². The Morgan fingerprint density at radius 1 is 1.12 bits per heavy atom. The van der Waals surface area contributed by atoms with Gasteiger partial charge in [0.05, 0.1) is 6.54 Å². The van der Waals surface area contributed by atoms with Gasteiger partial charge in [-0.25, -0.2) is 4.39 Å². The second-order valence-corrected chi connectivity index (χ2v) is 6.19. The minimum Gasteiger partial charge on any atom is -0.305 e. The lowest BCUT2D eigenvalue weighted by atomic mass is 10.1. The minimum absolute atomic E-state index is 0.201. The number of rotatable bonds is 4. The highest BCUT2D eigenvalue weighted by Gasteiger charge is 2.13. The van der Waals surface area contributed by atoms with Crippen LogP contribution in [0.25, 0.3) is 0 Å². The van der Waals surface area contributed by atoms with Gasteiger partial charge in [-0.1, -0.05) is 35.9 Å². The molecule has 5 heteroatoms. The number of anilines is 1. The highest BCUT2D eigenvalue weighted by molar-refractivity contribution is 6.04. The van der Waals surface area contributed by atoms with Crippen LogP contribution in [0.1, 0.15) is 32.7 Å². The summed E-state index contributed by atoms with van der Waals surface area (Å²) in [5, 5.41) is 7.19. The first-order chi connectivity index (χ1) is 11.9. The molecule has 1 heterocycles. The second-order valence-electron chi connectivity index (χ2n) is 6.19. The Bertz CT molecular complexity index is 930. The number of nitrogens with one attached hydrogen (secondary N) is 1. The average molecular weight is 337 g/mol. The molecule has 0 atom stereocenters. The van der Waals surface area contributed by atoms with Crippen molar-refractivity contribution in [1.82, 2.24) is 9.78 Å². The van der Waals surface area contributed by atoms with Gasteiger partial charge in [-0.2, -0.15) is 5.10 Å². The summed E-state index contributed by atoms with van der Waals surface area (Å²) in [6.45, 7) is 6.09. The maximum atomic E-state index is 13.8. The van der Waals surface area contributed by atoms with E-state index in [0.717, 1.165) is 16.8 Å². The highest BCUT2D eigenvalue weighted by Crippen LogP contribution is 2.16. The number of aromatic nitrogens is 2. The van der Waals surface area contributed by atoms with Crippen LogP contribution in [0.5, 0.6) is 0 Å². The topological polar surface area (TPSA) is 46.9 Å². The Morgan fingerprint density at radius 2 is 1.88 bits per heavy atom. The molecule has 0 saturated heterocycles. The number of benzene rings is 2. The summed E-state index contributed by atoms with van der Waals surface area (Å²) in [6, 6.07) is 14.1. The van der Waals surface area contributed by atoms with E-state index in [1.165, 1.54) is 6.07 Å². The van der Waals surface area contributed by atoms with Crippen molar-refractivity contribution in [2.24, 2.45) is 0 Å². The van der Waals surface area contributed by atoms with Crippen molar-refractivity contribution in [3.05, 3.63) is 82.3 Å². The summed E-state index contributed by atoms with van der Waals surface area (Å²) in [5.41, 5.74) is 4.05. The van der Waals surface area contributed by atoms with Crippen LogP contribution in [0, 0.1) is 26.6 Å². The van der Waals surface area contributed by atoms with E-state index in [2.05, 4.69) is 10.4 Å². The molecule has 0 spiro atoms. The molecule has 3 rings (SSSR count). The Kier molecular flexibility index (Phi) is 4.65. The fourth-order valence-electron chi connectivity index (χ4n) is 2.77. The predicted molar refractivity (Wildman–Crippen MR) is 96.3 cm³/mol. The summed E-state index contributed by atoms with van der Waals surface area (Å²) in [5.74, 6) is -0.00915. The van der Waals surface area contributed by atoms with Crippen LogP contribution in [0.15, 0.2) is 48.5 Å². The Labute approximate surface area is 146 Å². The van der Waals surface area contributed by atoms with Crippen molar-refractivity contribution < 1.29 is 9.18 Å². The molecule has 1 amide bonds. The van der Waals surface area contributed by atoms with E-state index >= 15 is 0 Å². The Balaban J connectivity index is 1.78. The zero-order chi connectivity index (χ0) is 18.0. The number of amides is 1. The number of carbonyl (C=O) groups excluding carboxylic acids is 1. The van der Waals surface area contributed by atoms with E-state index in [9.17, 15) is 9.18 Å². The normalized spacial score (nSPS) is 10.7. The number of nitrogens with zero attached hydrogens (tertiary/aromatic N) is 2. The summed E-state index contributed by atoms with van der Waals surface area (Å²) < 4.78 is 15.5. The highest BCUT2D eigenvalue weighted by atomic mass is 19.1. The van der Waals surface area contributed by atoms with E-state index in [1.807, 2.05) is 39.0 Å². The molecule has 0 unspecified atom stereocenters. The third-order valence-corrected chi connectivity index (χ3v) is 4.13. The molecule has 2 aromatic carbocycles. The lowest BCUT2D eigenvalue weighted by Crippen LogP contribution is -2.14. The lowest BCUT2D eigenvalue weighted by molar-refractivity contribution is 0.102. The molecule has 0 bridgehead atoms. The van der Waals surface area contributed by atoms with Crippen molar-refractivity contribution in [1.29, 1.82) is 0 Å². The maximum absolute atomic E-state index is 13.8. The first-order valence-corrected chi connectivity index (χ1v) is 8.10. The van der Waals surface area contributed by atoms with E-state index in [4.69, 9.17) is 0 Å². The van der Waals surface area contributed by atoms with Gasteiger partial charge in [-0.15, -0.1) is 0 Å². The second kappa shape index (κ2) is 6.89. The summed E-state index contributed by atoms with van der Waals surface area (Å²) >= 11 is 0. The number of aryl methyl sites for hydroxylation is 3. The Hall–Kier alpha value is -2.95.